The highest BCUT2D eigenvalue weighted by Crippen LogP contribution is 2.15. The molecule has 6 nitrogen and oxygen atoms in total. The minimum Gasteiger partial charge on any atom is -0.422 e. The predicted molar refractivity (Wildman–Crippen MR) is 109 cm³/mol. The van der Waals surface area contributed by atoms with E-state index in [1.165, 1.54) is 0 Å². The minimum atomic E-state index is -0.590. The fourth-order valence-electron chi connectivity index (χ4n) is 3.66. The van der Waals surface area contributed by atoms with E-state index in [9.17, 15) is 9.59 Å². The lowest BCUT2D eigenvalue weighted by atomic mass is 10.1. The molecule has 0 N–H and O–H groups in total. The summed E-state index contributed by atoms with van der Waals surface area (Å²) in [5.74, 6) is -0.273. The van der Waals surface area contributed by atoms with Gasteiger partial charge >= 0.3 is 5.63 Å². The van der Waals surface area contributed by atoms with Gasteiger partial charge < -0.3 is 9.32 Å². The molecule has 2 heterocycles. The van der Waals surface area contributed by atoms with Crippen molar-refractivity contribution in [3.63, 3.8) is 0 Å². The van der Waals surface area contributed by atoms with E-state index < -0.39 is 5.63 Å². The molecule has 146 valence electrons. The molecule has 0 aliphatic carbocycles. The third kappa shape index (κ3) is 4.20. The van der Waals surface area contributed by atoms with E-state index in [-0.39, 0.29) is 11.5 Å². The van der Waals surface area contributed by atoms with Gasteiger partial charge in [0.15, 0.2) is 0 Å². The first-order valence-corrected chi connectivity index (χ1v) is 9.67. The second-order valence-electron chi connectivity index (χ2n) is 7.22. The van der Waals surface area contributed by atoms with E-state index in [2.05, 4.69) is 11.0 Å². The van der Waals surface area contributed by atoms with Crippen molar-refractivity contribution >= 4 is 16.9 Å². The quantitative estimate of drug-likeness (QED) is 0.646. The first-order chi connectivity index (χ1) is 14.1. The lowest BCUT2D eigenvalue weighted by molar-refractivity contribution is 0.0757. The SMILES string of the molecule is N#Cc1ccc(CN2CCCN(C(=O)c3cc4ccccc4oc3=O)CC2)cc1. The fraction of sp³-hybridized carbons (Fsp3) is 0.261. The van der Waals surface area contributed by atoms with E-state index in [0.717, 1.165) is 37.0 Å². The van der Waals surface area contributed by atoms with Gasteiger partial charge in [0.2, 0.25) is 0 Å². The summed E-state index contributed by atoms with van der Waals surface area (Å²) >= 11 is 0. The Bertz CT molecular complexity index is 1130. The van der Waals surface area contributed by atoms with Crippen molar-refractivity contribution < 1.29 is 9.21 Å². The maximum atomic E-state index is 13.0. The van der Waals surface area contributed by atoms with E-state index in [4.69, 9.17) is 9.68 Å². The molecule has 1 aromatic heterocycles. The lowest BCUT2D eigenvalue weighted by Gasteiger charge is -2.22. The zero-order valence-electron chi connectivity index (χ0n) is 16.0. The molecule has 0 bridgehead atoms. The Labute approximate surface area is 168 Å². The zero-order chi connectivity index (χ0) is 20.2. The van der Waals surface area contributed by atoms with Crippen LogP contribution in [0, 0.1) is 11.3 Å². The molecule has 6 heteroatoms. The highest BCUT2D eigenvalue weighted by Gasteiger charge is 2.23. The summed E-state index contributed by atoms with van der Waals surface area (Å²) in [6.07, 6.45) is 0.834. The van der Waals surface area contributed by atoms with Crippen LogP contribution in [-0.4, -0.2) is 41.9 Å². The van der Waals surface area contributed by atoms with Gasteiger partial charge in [-0.15, -0.1) is 0 Å². The van der Waals surface area contributed by atoms with E-state index in [1.54, 1.807) is 23.1 Å². The van der Waals surface area contributed by atoms with Crippen LogP contribution in [0.5, 0.6) is 0 Å². The maximum Gasteiger partial charge on any atom is 0.349 e. The van der Waals surface area contributed by atoms with Gasteiger partial charge in [-0.25, -0.2) is 4.79 Å². The van der Waals surface area contributed by atoms with E-state index in [0.29, 0.717) is 24.2 Å². The molecule has 2 aromatic carbocycles. The summed E-state index contributed by atoms with van der Waals surface area (Å²) in [4.78, 5) is 29.3. The number of nitriles is 1. The van der Waals surface area contributed by atoms with Crippen LogP contribution in [0.2, 0.25) is 0 Å². The van der Waals surface area contributed by atoms with Crippen molar-refractivity contribution in [2.75, 3.05) is 26.2 Å². The van der Waals surface area contributed by atoms with Gasteiger partial charge in [0.1, 0.15) is 11.1 Å². The number of hydrogen-bond donors (Lipinski definition) is 0. The molecular weight excluding hydrogens is 366 g/mol. The van der Waals surface area contributed by atoms with Crippen LogP contribution in [0.3, 0.4) is 0 Å². The lowest BCUT2D eigenvalue weighted by Crippen LogP contribution is -2.37. The van der Waals surface area contributed by atoms with Gasteiger partial charge in [-0.05, 0) is 36.2 Å². The summed E-state index contributed by atoms with van der Waals surface area (Å²) in [6, 6.07) is 18.5. The second kappa shape index (κ2) is 8.29. The number of para-hydroxylation sites is 1. The highest BCUT2D eigenvalue weighted by atomic mass is 16.4. The molecule has 1 aliphatic rings. The number of carbonyl (C=O) groups excluding carboxylic acids is 1. The third-order valence-corrected chi connectivity index (χ3v) is 5.24. The molecule has 1 amide bonds. The molecule has 1 aliphatic heterocycles. The Morgan fingerprint density at radius 3 is 2.62 bits per heavy atom. The number of benzene rings is 2. The molecule has 0 radical (unpaired) electrons. The molecular formula is C23H21N3O3. The first-order valence-electron chi connectivity index (χ1n) is 9.67. The van der Waals surface area contributed by atoms with Crippen LogP contribution in [0.4, 0.5) is 0 Å². The van der Waals surface area contributed by atoms with Gasteiger partial charge in [-0.2, -0.15) is 5.26 Å². The van der Waals surface area contributed by atoms with Crippen LogP contribution < -0.4 is 5.63 Å². The largest absolute Gasteiger partial charge is 0.422 e. The van der Waals surface area contributed by atoms with Crippen molar-refractivity contribution in [2.45, 2.75) is 13.0 Å². The normalized spacial score (nSPS) is 15.1. The fourth-order valence-corrected chi connectivity index (χ4v) is 3.66. The predicted octanol–water partition coefficient (Wildman–Crippen LogP) is 3.01. The average Bonchev–Trinajstić information content (AvgIpc) is 2.99. The topological polar surface area (TPSA) is 77.6 Å². The Morgan fingerprint density at radius 2 is 1.83 bits per heavy atom. The summed E-state index contributed by atoms with van der Waals surface area (Å²) in [5, 5.41) is 9.66. The number of fused-ring (bicyclic) bond motifs is 1. The second-order valence-corrected chi connectivity index (χ2v) is 7.22. The third-order valence-electron chi connectivity index (χ3n) is 5.24. The Kier molecular flexibility index (Phi) is 5.41. The van der Waals surface area contributed by atoms with Crippen LogP contribution in [-0.2, 0) is 6.54 Å². The van der Waals surface area contributed by atoms with E-state index >= 15 is 0 Å². The molecule has 4 rings (SSSR count). The number of carbonyl (C=O) groups is 1. The Balaban J connectivity index is 1.45. The molecule has 1 fully saturated rings. The van der Waals surface area contributed by atoms with Crippen molar-refractivity contribution in [3.8, 4) is 6.07 Å². The molecule has 1 saturated heterocycles. The van der Waals surface area contributed by atoms with E-state index in [1.807, 2.05) is 36.4 Å². The summed E-state index contributed by atoms with van der Waals surface area (Å²) in [6.45, 7) is 3.53. The number of amides is 1. The van der Waals surface area contributed by atoms with Crippen molar-refractivity contribution in [1.29, 1.82) is 5.26 Å². The number of rotatable bonds is 3. The molecule has 0 saturated carbocycles. The van der Waals surface area contributed by atoms with Crippen LogP contribution in [0.15, 0.2) is 63.8 Å². The molecule has 0 atom stereocenters. The molecule has 0 unspecified atom stereocenters. The number of nitrogens with zero attached hydrogens (tertiary/aromatic N) is 3. The van der Waals surface area contributed by atoms with Gasteiger partial charge in [0.05, 0.1) is 11.6 Å². The molecule has 29 heavy (non-hydrogen) atoms. The van der Waals surface area contributed by atoms with Crippen molar-refractivity contribution in [2.24, 2.45) is 0 Å². The van der Waals surface area contributed by atoms with Crippen LogP contribution >= 0.6 is 0 Å². The first kappa shape index (κ1) is 18.9. The Morgan fingerprint density at radius 1 is 1.03 bits per heavy atom. The number of hydrogen-bond acceptors (Lipinski definition) is 5. The smallest absolute Gasteiger partial charge is 0.349 e. The van der Waals surface area contributed by atoms with Crippen molar-refractivity contribution in [3.05, 3.63) is 81.7 Å². The average molecular weight is 387 g/mol. The van der Waals surface area contributed by atoms with Crippen LogP contribution in [0.1, 0.15) is 27.9 Å². The summed E-state index contributed by atoms with van der Waals surface area (Å²) < 4.78 is 5.32. The Hall–Kier alpha value is -3.43. The monoisotopic (exact) mass is 387 g/mol. The van der Waals surface area contributed by atoms with Gasteiger partial charge in [0.25, 0.3) is 5.91 Å². The van der Waals surface area contributed by atoms with Crippen LogP contribution in [0.25, 0.3) is 11.0 Å². The van der Waals surface area contributed by atoms with Gasteiger partial charge in [-0.1, -0.05) is 30.3 Å². The van der Waals surface area contributed by atoms with Gasteiger partial charge in [-0.3, -0.25) is 9.69 Å². The minimum absolute atomic E-state index is 0.0873. The van der Waals surface area contributed by atoms with Crippen molar-refractivity contribution in [1.82, 2.24) is 9.80 Å². The standard InChI is InChI=1S/C23H21N3O3/c24-15-17-6-8-18(9-7-17)16-25-10-3-11-26(13-12-25)22(27)20-14-19-4-1-2-5-21(19)29-23(20)28/h1-2,4-9,14H,3,10-13,16H2. The zero-order valence-corrected chi connectivity index (χ0v) is 16.0. The molecule has 0 spiro atoms. The maximum absolute atomic E-state index is 13.0. The van der Waals surface area contributed by atoms with Gasteiger partial charge in [0, 0.05) is 38.1 Å². The highest BCUT2D eigenvalue weighted by molar-refractivity contribution is 5.96. The summed E-state index contributed by atoms with van der Waals surface area (Å²) in [7, 11) is 0. The molecule has 3 aromatic rings. The summed E-state index contributed by atoms with van der Waals surface area (Å²) in [5.41, 5.74) is 1.77.